The summed E-state index contributed by atoms with van der Waals surface area (Å²) in [5, 5.41) is 1.25. The van der Waals surface area contributed by atoms with E-state index in [4.69, 9.17) is 0 Å². The highest BCUT2D eigenvalue weighted by molar-refractivity contribution is 5.97. The van der Waals surface area contributed by atoms with E-state index in [9.17, 15) is 4.79 Å². The summed E-state index contributed by atoms with van der Waals surface area (Å²) in [7, 11) is 0. The number of benzene rings is 2. The average Bonchev–Trinajstić information content (AvgIpc) is 3.24. The van der Waals surface area contributed by atoms with E-state index in [0.29, 0.717) is 5.92 Å². The second-order valence-electron chi connectivity index (χ2n) is 8.43. The molecule has 4 aromatic rings. The number of fused-ring (bicyclic) bond motifs is 1. The summed E-state index contributed by atoms with van der Waals surface area (Å²) in [6.45, 7) is 3.61. The van der Waals surface area contributed by atoms with Crippen LogP contribution in [0.2, 0.25) is 0 Å². The van der Waals surface area contributed by atoms with Crippen molar-refractivity contribution >= 4 is 16.8 Å². The molecule has 4 nitrogen and oxygen atoms in total. The third-order valence-corrected chi connectivity index (χ3v) is 6.59. The Bertz CT molecular complexity index is 1180. The number of likely N-dealkylation sites (tertiary alicyclic amines) is 1. The van der Waals surface area contributed by atoms with E-state index in [1.54, 1.807) is 0 Å². The number of nitrogens with zero attached hydrogens (tertiary/aromatic N) is 2. The van der Waals surface area contributed by atoms with Gasteiger partial charge in [0.25, 0.3) is 0 Å². The summed E-state index contributed by atoms with van der Waals surface area (Å²) in [6, 6.07) is 22.7. The molecule has 0 spiro atoms. The van der Waals surface area contributed by atoms with Crippen molar-refractivity contribution in [1.82, 2.24) is 14.9 Å². The lowest BCUT2D eigenvalue weighted by Gasteiger charge is -2.34. The topological polar surface area (TPSA) is 49.0 Å². The molecule has 0 aliphatic carbocycles. The number of amides is 1. The van der Waals surface area contributed by atoms with Gasteiger partial charge in [0, 0.05) is 53.6 Å². The first kappa shape index (κ1) is 19.6. The van der Waals surface area contributed by atoms with Crippen LogP contribution in [0.4, 0.5) is 0 Å². The summed E-state index contributed by atoms with van der Waals surface area (Å²) < 4.78 is 0. The molecular formula is C27H27N3O. The Morgan fingerprint density at radius 2 is 1.65 bits per heavy atom. The van der Waals surface area contributed by atoms with Crippen molar-refractivity contribution in [2.45, 2.75) is 31.6 Å². The third-order valence-electron chi connectivity index (χ3n) is 6.59. The number of H-pyrrole nitrogens is 1. The van der Waals surface area contributed by atoms with Gasteiger partial charge in [-0.05, 0) is 49.1 Å². The van der Waals surface area contributed by atoms with Gasteiger partial charge in [-0.25, -0.2) is 0 Å². The third kappa shape index (κ3) is 3.74. The van der Waals surface area contributed by atoms with Crippen LogP contribution in [0.3, 0.4) is 0 Å². The first-order valence-electron chi connectivity index (χ1n) is 11.1. The Morgan fingerprint density at radius 3 is 2.39 bits per heavy atom. The number of carbonyl (C=O) groups is 1. The van der Waals surface area contributed by atoms with E-state index in [0.717, 1.165) is 31.5 Å². The Morgan fingerprint density at radius 1 is 0.968 bits per heavy atom. The fraction of sp³-hybridized carbons (Fsp3) is 0.259. The smallest absolute Gasteiger partial charge is 0.229 e. The minimum Gasteiger partial charge on any atom is -0.358 e. The van der Waals surface area contributed by atoms with Gasteiger partial charge in [0.2, 0.25) is 5.91 Å². The Kier molecular flexibility index (Phi) is 5.29. The Labute approximate surface area is 182 Å². The molecule has 0 radical (unpaired) electrons. The van der Waals surface area contributed by atoms with Crippen molar-refractivity contribution in [3.8, 4) is 11.1 Å². The normalized spacial score (nSPS) is 15.8. The lowest BCUT2D eigenvalue weighted by atomic mass is 9.88. The fourth-order valence-electron chi connectivity index (χ4n) is 4.85. The molecular weight excluding hydrogens is 382 g/mol. The van der Waals surface area contributed by atoms with Crippen molar-refractivity contribution in [1.29, 1.82) is 0 Å². The zero-order valence-electron chi connectivity index (χ0n) is 17.8. The second-order valence-corrected chi connectivity index (χ2v) is 8.43. The van der Waals surface area contributed by atoms with Gasteiger partial charge in [-0.2, -0.15) is 0 Å². The van der Waals surface area contributed by atoms with Crippen LogP contribution >= 0.6 is 0 Å². The maximum Gasteiger partial charge on any atom is 0.229 e. The molecule has 4 heteroatoms. The van der Waals surface area contributed by atoms with E-state index >= 15 is 0 Å². The van der Waals surface area contributed by atoms with E-state index in [1.807, 2.05) is 54.5 Å². The zero-order chi connectivity index (χ0) is 21.2. The van der Waals surface area contributed by atoms with Crippen LogP contribution in [0.5, 0.6) is 0 Å². The van der Waals surface area contributed by atoms with Gasteiger partial charge >= 0.3 is 0 Å². The fourth-order valence-corrected chi connectivity index (χ4v) is 4.85. The zero-order valence-corrected chi connectivity index (χ0v) is 17.8. The van der Waals surface area contributed by atoms with Gasteiger partial charge < -0.3 is 9.88 Å². The summed E-state index contributed by atoms with van der Waals surface area (Å²) >= 11 is 0. The molecule has 31 heavy (non-hydrogen) atoms. The molecule has 1 saturated heterocycles. The van der Waals surface area contributed by atoms with Crippen molar-refractivity contribution in [3.63, 3.8) is 0 Å². The van der Waals surface area contributed by atoms with Gasteiger partial charge in [0.05, 0.1) is 5.92 Å². The van der Waals surface area contributed by atoms with Crippen LogP contribution in [0, 0.1) is 0 Å². The minimum absolute atomic E-state index is 0.0989. The van der Waals surface area contributed by atoms with E-state index in [-0.39, 0.29) is 11.8 Å². The number of para-hydroxylation sites is 1. The number of piperidine rings is 1. The molecule has 1 atom stereocenters. The number of hydrogen-bond acceptors (Lipinski definition) is 2. The number of nitrogens with one attached hydrogen (secondary N) is 1. The van der Waals surface area contributed by atoms with Crippen LogP contribution in [0.25, 0.3) is 22.0 Å². The van der Waals surface area contributed by atoms with Crippen LogP contribution in [-0.4, -0.2) is 33.9 Å². The number of aromatic nitrogens is 2. The molecule has 2 aromatic carbocycles. The van der Waals surface area contributed by atoms with Crippen molar-refractivity contribution in [2.75, 3.05) is 13.1 Å². The Balaban J connectivity index is 1.38. The molecule has 1 aliphatic heterocycles. The molecule has 0 saturated carbocycles. The number of carbonyl (C=O) groups excluding carboxylic acids is 1. The maximum absolute atomic E-state index is 13.1. The molecule has 1 unspecified atom stereocenters. The molecule has 1 amide bonds. The monoisotopic (exact) mass is 409 g/mol. The highest BCUT2D eigenvalue weighted by Gasteiger charge is 2.29. The Hall–Kier alpha value is -3.40. The van der Waals surface area contributed by atoms with Crippen molar-refractivity contribution in [3.05, 3.63) is 90.4 Å². The second kappa shape index (κ2) is 8.38. The largest absolute Gasteiger partial charge is 0.358 e. The summed E-state index contributed by atoms with van der Waals surface area (Å²) in [4.78, 5) is 23.0. The highest BCUT2D eigenvalue weighted by atomic mass is 16.2. The number of pyridine rings is 1. The molecule has 156 valence electrons. The van der Waals surface area contributed by atoms with Crippen molar-refractivity contribution < 1.29 is 4.79 Å². The molecule has 5 rings (SSSR count). The molecule has 1 aliphatic rings. The van der Waals surface area contributed by atoms with Crippen LogP contribution < -0.4 is 0 Å². The highest BCUT2D eigenvalue weighted by Crippen LogP contribution is 2.40. The number of aromatic amines is 1. The van der Waals surface area contributed by atoms with E-state index in [2.05, 4.69) is 46.4 Å². The predicted octanol–water partition coefficient (Wildman–Crippen LogP) is 5.74. The SMILES string of the molecule is CC(C(=O)N1CCC(c2[nH]c3ccccc3c2-c2ccncc2)CC1)c1ccccc1. The standard InChI is InChI=1S/C27H27N3O/c1-19(20-7-3-2-4-8-20)27(31)30-17-13-22(14-18-30)26-25(21-11-15-28-16-12-21)23-9-5-6-10-24(23)29-26/h2-12,15-16,19,22,29H,13-14,17-18H2,1H3. The van der Waals surface area contributed by atoms with E-state index in [1.165, 1.54) is 27.7 Å². The van der Waals surface area contributed by atoms with Crippen LogP contribution in [0.1, 0.15) is 42.9 Å². The number of rotatable bonds is 4. The van der Waals surface area contributed by atoms with Gasteiger partial charge in [-0.15, -0.1) is 0 Å². The van der Waals surface area contributed by atoms with Gasteiger partial charge in [0.1, 0.15) is 0 Å². The molecule has 0 bridgehead atoms. The average molecular weight is 410 g/mol. The van der Waals surface area contributed by atoms with Gasteiger partial charge in [0.15, 0.2) is 0 Å². The van der Waals surface area contributed by atoms with E-state index < -0.39 is 0 Å². The summed E-state index contributed by atoms with van der Waals surface area (Å²) in [5.41, 5.74) is 6.01. The molecule has 2 aromatic heterocycles. The molecule has 1 fully saturated rings. The summed E-state index contributed by atoms with van der Waals surface area (Å²) in [6.07, 6.45) is 5.65. The quantitative estimate of drug-likeness (QED) is 0.467. The summed E-state index contributed by atoms with van der Waals surface area (Å²) in [5.74, 6) is 0.542. The molecule has 3 heterocycles. The maximum atomic E-state index is 13.1. The van der Waals surface area contributed by atoms with Crippen LogP contribution in [-0.2, 0) is 4.79 Å². The lowest BCUT2D eigenvalue weighted by molar-refractivity contribution is -0.133. The van der Waals surface area contributed by atoms with Crippen molar-refractivity contribution in [2.24, 2.45) is 0 Å². The predicted molar refractivity (Wildman–Crippen MR) is 125 cm³/mol. The van der Waals surface area contributed by atoms with Crippen LogP contribution in [0.15, 0.2) is 79.1 Å². The molecule has 1 N–H and O–H groups in total. The van der Waals surface area contributed by atoms with Gasteiger partial charge in [-0.3, -0.25) is 9.78 Å². The minimum atomic E-state index is -0.0989. The lowest BCUT2D eigenvalue weighted by Crippen LogP contribution is -2.40. The number of hydrogen-bond donors (Lipinski definition) is 1. The first-order valence-corrected chi connectivity index (χ1v) is 11.1. The first-order chi connectivity index (χ1) is 15.2. The van der Waals surface area contributed by atoms with Gasteiger partial charge in [-0.1, -0.05) is 48.5 Å².